The van der Waals surface area contributed by atoms with E-state index in [4.69, 9.17) is 0 Å². The Morgan fingerprint density at radius 3 is 2.65 bits per heavy atom. The highest BCUT2D eigenvalue weighted by molar-refractivity contribution is 5.21. The van der Waals surface area contributed by atoms with Crippen molar-refractivity contribution in [1.82, 2.24) is 4.90 Å². The van der Waals surface area contributed by atoms with Crippen molar-refractivity contribution in [3.05, 3.63) is 35.4 Å². The maximum absolute atomic E-state index is 13.6. The Balaban J connectivity index is 1.89. The van der Waals surface area contributed by atoms with Crippen LogP contribution < -0.4 is 0 Å². The fourth-order valence-corrected chi connectivity index (χ4v) is 3.06. The van der Waals surface area contributed by atoms with E-state index in [1.54, 1.807) is 0 Å². The highest BCUT2D eigenvalue weighted by Gasteiger charge is 2.20. The minimum atomic E-state index is -0.987. The summed E-state index contributed by atoms with van der Waals surface area (Å²) in [5, 5.41) is 10.1. The summed E-state index contributed by atoms with van der Waals surface area (Å²) in [5.41, 5.74) is 0.0421. The van der Waals surface area contributed by atoms with Gasteiger partial charge in [-0.3, -0.25) is 0 Å². The molecule has 1 fully saturated rings. The van der Waals surface area contributed by atoms with Gasteiger partial charge < -0.3 is 10.0 Å². The van der Waals surface area contributed by atoms with Crippen molar-refractivity contribution in [2.45, 2.75) is 38.2 Å². The summed E-state index contributed by atoms with van der Waals surface area (Å²) in [5.74, 6) is -1.18. The number of rotatable bonds is 5. The minimum Gasteiger partial charge on any atom is -0.387 e. The van der Waals surface area contributed by atoms with Gasteiger partial charge in [-0.15, -0.1) is 0 Å². The first kappa shape index (κ1) is 15.4. The quantitative estimate of drug-likeness (QED) is 0.894. The molecule has 0 bridgehead atoms. The largest absolute Gasteiger partial charge is 0.387 e. The summed E-state index contributed by atoms with van der Waals surface area (Å²) in [4.78, 5) is 2.02. The number of hydrogen-bond donors (Lipinski definition) is 1. The van der Waals surface area contributed by atoms with E-state index in [-0.39, 0.29) is 5.56 Å². The fraction of sp³-hybridized carbons (Fsp3) is 0.625. The van der Waals surface area contributed by atoms with Gasteiger partial charge in [-0.25, -0.2) is 8.78 Å². The smallest absolute Gasteiger partial charge is 0.164 e. The average molecular weight is 283 g/mol. The van der Waals surface area contributed by atoms with Crippen LogP contribution in [0.1, 0.15) is 43.8 Å². The van der Waals surface area contributed by atoms with Gasteiger partial charge in [0.25, 0.3) is 0 Å². The first-order valence-electron chi connectivity index (χ1n) is 7.38. The summed E-state index contributed by atoms with van der Waals surface area (Å²) in [6.07, 6.45) is 5.35. The van der Waals surface area contributed by atoms with Crippen LogP contribution in [0.25, 0.3) is 0 Å². The molecule has 112 valence electrons. The summed E-state index contributed by atoms with van der Waals surface area (Å²) in [6, 6.07) is 3.94. The van der Waals surface area contributed by atoms with Gasteiger partial charge in [0, 0.05) is 18.7 Å². The average Bonchev–Trinajstić information content (AvgIpc) is 2.42. The van der Waals surface area contributed by atoms with Gasteiger partial charge in [-0.2, -0.15) is 0 Å². The number of halogens is 2. The third kappa shape index (κ3) is 4.00. The molecule has 1 aliphatic rings. The number of nitrogens with zero attached hydrogens (tertiary/aromatic N) is 1. The monoisotopic (exact) mass is 283 g/mol. The molecule has 4 heteroatoms. The Bertz CT molecular complexity index is 432. The van der Waals surface area contributed by atoms with Gasteiger partial charge in [0.1, 0.15) is 0 Å². The molecule has 1 aromatic rings. The van der Waals surface area contributed by atoms with Crippen molar-refractivity contribution < 1.29 is 13.9 Å². The third-order valence-corrected chi connectivity index (χ3v) is 4.12. The van der Waals surface area contributed by atoms with Crippen molar-refractivity contribution in [3.8, 4) is 0 Å². The Labute approximate surface area is 119 Å². The van der Waals surface area contributed by atoms with Crippen LogP contribution in [0.3, 0.4) is 0 Å². The summed E-state index contributed by atoms with van der Waals surface area (Å²) in [6.45, 7) is 1.24. The van der Waals surface area contributed by atoms with Gasteiger partial charge in [0.05, 0.1) is 6.10 Å². The molecule has 0 aliphatic heterocycles. The SMILES string of the molecule is CN(CC1CCCCC1)CC(O)c1cccc(F)c1F. The number of aliphatic hydroxyl groups is 1. The first-order valence-corrected chi connectivity index (χ1v) is 7.38. The molecule has 1 aliphatic carbocycles. The molecule has 1 aromatic carbocycles. The molecule has 1 N–H and O–H groups in total. The fourth-order valence-electron chi connectivity index (χ4n) is 3.06. The third-order valence-electron chi connectivity index (χ3n) is 4.12. The summed E-state index contributed by atoms with van der Waals surface area (Å²) in [7, 11) is 1.93. The standard InChI is InChI=1S/C16H23F2NO/c1-19(10-12-6-3-2-4-7-12)11-15(20)13-8-5-9-14(17)16(13)18/h5,8-9,12,15,20H,2-4,6-7,10-11H2,1H3. The maximum Gasteiger partial charge on any atom is 0.164 e. The molecule has 0 saturated heterocycles. The van der Waals surface area contributed by atoms with Crippen LogP contribution in [-0.2, 0) is 0 Å². The van der Waals surface area contributed by atoms with Crippen molar-refractivity contribution in [2.75, 3.05) is 20.1 Å². The van der Waals surface area contributed by atoms with Crippen molar-refractivity contribution in [1.29, 1.82) is 0 Å². The summed E-state index contributed by atoms with van der Waals surface area (Å²) >= 11 is 0. The molecule has 0 amide bonds. The number of aliphatic hydroxyl groups excluding tert-OH is 1. The second-order valence-electron chi connectivity index (χ2n) is 5.88. The molecule has 1 saturated carbocycles. The zero-order valence-electron chi connectivity index (χ0n) is 12.0. The Morgan fingerprint density at radius 1 is 1.25 bits per heavy atom. The van der Waals surface area contributed by atoms with E-state index >= 15 is 0 Å². The zero-order valence-corrected chi connectivity index (χ0v) is 12.0. The highest BCUT2D eigenvalue weighted by Crippen LogP contribution is 2.25. The van der Waals surface area contributed by atoms with Gasteiger partial charge in [0.15, 0.2) is 11.6 Å². The van der Waals surface area contributed by atoms with Crippen LogP contribution in [0.2, 0.25) is 0 Å². The molecule has 20 heavy (non-hydrogen) atoms. The lowest BCUT2D eigenvalue weighted by Gasteiger charge is -2.28. The van der Waals surface area contributed by atoms with Gasteiger partial charge >= 0.3 is 0 Å². The van der Waals surface area contributed by atoms with E-state index in [2.05, 4.69) is 0 Å². The highest BCUT2D eigenvalue weighted by atomic mass is 19.2. The number of likely N-dealkylation sites (N-methyl/N-ethyl adjacent to an activating group) is 1. The molecule has 2 nitrogen and oxygen atoms in total. The predicted molar refractivity (Wildman–Crippen MR) is 75.4 cm³/mol. The molecular weight excluding hydrogens is 260 g/mol. The van der Waals surface area contributed by atoms with Crippen molar-refractivity contribution in [3.63, 3.8) is 0 Å². The van der Waals surface area contributed by atoms with Crippen molar-refractivity contribution in [2.24, 2.45) is 5.92 Å². The lowest BCUT2D eigenvalue weighted by atomic mass is 9.89. The van der Waals surface area contributed by atoms with E-state index in [1.165, 1.54) is 44.2 Å². The van der Waals surface area contributed by atoms with E-state index in [9.17, 15) is 13.9 Å². The molecule has 0 aromatic heterocycles. The minimum absolute atomic E-state index is 0.0421. The number of benzene rings is 1. The molecule has 1 atom stereocenters. The summed E-state index contributed by atoms with van der Waals surface area (Å²) < 4.78 is 26.8. The van der Waals surface area contributed by atoms with Crippen LogP contribution in [0.15, 0.2) is 18.2 Å². The molecule has 0 radical (unpaired) electrons. The zero-order chi connectivity index (χ0) is 14.5. The van der Waals surface area contributed by atoms with E-state index in [0.717, 1.165) is 12.6 Å². The Hall–Kier alpha value is -1.00. The van der Waals surface area contributed by atoms with Gasteiger partial charge in [-0.05, 0) is 31.9 Å². The normalized spacial score (nSPS) is 18.4. The topological polar surface area (TPSA) is 23.5 Å². The lowest BCUT2D eigenvalue weighted by molar-refractivity contribution is 0.109. The second kappa shape index (κ2) is 7.14. The van der Waals surface area contributed by atoms with Crippen molar-refractivity contribution >= 4 is 0 Å². The predicted octanol–water partition coefficient (Wildman–Crippen LogP) is 3.51. The van der Waals surface area contributed by atoms with E-state index < -0.39 is 17.7 Å². The van der Waals surface area contributed by atoms with Crippen LogP contribution in [0.5, 0.6) is 0 Å². The second-order valence-corrected chi connectivity index (χ2v) is 5.88. The van der Waals surface area contributed by atoms with Crippen LogP contribution in [0.4, 0.5) is 8.78 Å². The van der Waals surface area contributed by atoms with Gasteiger partial charge in [-0.1, -0.05) is 31.4 Å². The molecule has 1 unspecified atom stereocenters. The Kier molecular flexibility index (Phi) is 5.49. The molecule has 2 rings (SSSR count). The van der Waals surface area contributed by atoms with Gasteiger partial charge in [0.2, 0.25) is 0 Å². The molecule has 0 heterocycles. The molecular formula is C16H23F2NO. The van der Waals surface area contributed by atoms with E-state index in [1.807, 2.05) is 11.9 Å². The van der Waals surface area contributed by atoms with Crippen LogP contribution in [0, 0.1) is 17.6 Å². The first-order chi connectivity index (χ1) is 9.58. The molecule has 0 spiro atoms. The number of hydrogen-bond acceptors (Lipinski definition) is 2. The Morgan fingerprint density at radius 2 is 1.95 bits per heavy atom. The lowest BCUT2D eigenvalue weighted by Crippen LogP contribution is -2.31. The van der Waals surface area contributed by atoms with Crippen LogP contribution in [-0.4, -0.2) is 30.1 Å². The maximum atomic E-state index is 13.6. The van der Waals surface area contributed by atoms with E-state index in [0.29, 0.717) is 12.5 Å². The van der Waals surface area contributed by atoms with Crippen LogP contribution >= 0.6 is 0 Å².